The predicted octanol–water partition coefficient (Wildman–Crippen LogP) is 5.10. The zero-order chi connectivity index (χ0) is 22.5. The first-order valence-electron chi connectivity index (χ1n) is 11.7. The van der Waals surface area contributed by atoms with E-state index in [0.717, 1.165) is 51.6 Å². The van der Waals surface area contributed by atoms with Gasteiger partial charge in [-0.25, -0.2) is 4.79 Å². The highest BCUT2D eigenvalue weighted by atomic mass is 16.8. The number of hydrogen-bond acceptors (Lipinski definition) is 7. The second kappa shape index (κ2) is 14.2. The van der Waals surface area contributed by atoms with Gasteiger partial charge in [0, 0.05) is 6.42 Å². The SMILES string of the molecule is CN1CCCCCCCC(=O)C(OC(=O)c2ccc(N([O-])O)cc2)CCCCCCC1. The molecule has 1 aromatic carbocycles. The van der Waals surface area contributed by atoms with Gasteiger partial charge in [0.1, 0.15) is 0 Å². The Morgan fingerprint density at radius 3 is 2.13 bits per heavy atom. The number of esters is 1. The molecule has 0 aliphatic carbocycles. The van der Waals surface area contributed by atoms with E-state index in [9.17, 15) is 14.8 Å². The van der Waals surface area contributed by atoms with Gasteiger partial charge >= 0.3 is 5.97 Å². The third-order valence-electron chi connectivity index (χ3n) is 5.90. The van der Waals surface area contributed by atoms with Crippen molar-refractivity contribution in [1.82, 2.24) is 4.90 Å². The van der Waals surface area contributed by atoms with Crippen molar-refractivity contribution in [3.8, 4) is 0 Å². The van der Waals surface area contributed by atoms with E-state index < -0.39 is 12.1 Å². The summed E-state index contributed by atoms with van der Waals surface area (Å²) in [6, 6.07) is 5.51. The lowest BCUT2D eigenvalue weighted by Crippen LogP contribution is -2.27. The summed E-state index contributed by atoms with van der Waals surface area (Å²) in [5.41, 5.74) is 0.283. The van der Waals surface area contributed by atoms with Crippen LogP contribution in [0.25, 0.3) is 0 Å². The van der Waals surface area contributed by atoms with E-state index in [1.807, 2.05) is 0 Å². The number of carbonyl (C=O) groups excluding carboxylic acids is 2. The number of ether oxygens (including phenoxy) is 1. The lowest BCUT2D eigenvalue weighted by molar-refractivity contribution is -0.128. The van der Waals surface area contributed by atoms with Crippen molar-refractivity contribution < 1.29 is 19.5 Å². The van der Waals surface area contributed by atoms with Crippen LogP contribution in [0.5, 0.6) is 0 Å². The van der Waals surface area contributed by atoms with E-state index in [2.05, 4.69) is 11.9 Å². The molecule has 1 atom stereocenters. The van der Waals surface area contributed by atoms with Crippen LogP contribution < -0.4 is 5.23 Å². The fraction of sp³-hybridized carbons (Fsp3) is 0.667. The Kier molecular flexibility index (Phi) is 11.6. The van der Waals surface area contributed by atoms with Crippen molar-refractivity contribution in [2.24, 2.45) is 0 Å². The van der Waals surface area contributed by atoms with Gasteiger partial charge in [0.05, 0.1) is 11.3 Å². The Balaban J connectivity index is 1.92. The molecule has 0 spiro atoms. The summed E-state index contributed by atoms with van der Waals surface area (Å²) in [4.78, 5) is 27.7. The van der Waals surface area contributed by atoms with Crippen molar-refractivity contribution >= 4 is 17.4 Å². The summed E-state index contributed by atoms with van der Waals surface area (Å²) in [5, 5.41) is 19.6. The van der Waals surface area contributed by atoms with Gasteiger partial charge < -0.3 is 20.1 Å². The standard InChI is InChI=1S/C24H37N2O5/c1-25-18-10-6-2-4-8-12-22(27)23(13-9-5-3-7-11-19-25)31-24(28)20-14-16-21(17-15-20)26(29)30/h14-17,23,29H,2-13,18-19H2,1H3/q-1. The summed E-state index contributed by atoms with van der Waals surface area (Å²) in [5.74, 6) is -0.579. The van der Waals surface area contributed by atoms with Gasteiger partial charge in [-0.15, -0.1) is 0 Å². The summed E-state index contributed by atoms with van der Waals surface area (Å²) < 4.78 is 5.58. The monoisotopic (exact) mass is 433 g/mol. The lowest BCUT2D eigenvalue weighted by Gasteiger charge is -2.21. The van der Waals surface area contributed by atoms with Crippen LogP contribution in [0.4, 0.5) is 5.69 Å². The van der Waals surface area contributed by atoms with Crippen LogP contribution in [0.3, 0.4) is 0 Å². The molecule has 0 amide bonds. The Morgan fingerprint density at radius 1 is 0.968 bits per heavy atom. The van der Waals surface area contributed by atoms with Gasteiger partial charge in [0.25, 0.3) is 0 Å². The van der Waals surface area contributed by atoms with E-state index in [1.54, 1.807) is 0 Å². The number of benzene rings is 1. The second-order valence-electron chi connectivity index (χ2n) is 8.56. The number of hydrogen-bond donors (Lipinski definition) is 1. The predicted molar refractivity (Wildman–Crippen MR) is 121 cm³/mol. The first-order valence-corrected chi connectivity index (χ1v) is 11.7. The molecule has 1 unspecified atom stereocenters. The summed E-state index contributed by atoms with van der Waals surface area (Å²) in [7, 11) is 2.19. The van der Waals surface area contributed by atoms with E-state index in [-0.39, 0.29) is 22.3 Å². The Labute approximate surface area is 185 Å². The Morgan fingerprint density at radius 2 is 1.52 bits per heavy atom. The van der Waals surface area contributed by atoms with E-state index in [4.69, 9.17) is 9.94 Å². The summed E-state index contributed by atoms with van der Waals surface area (Å²) >= 11 is 0. The van der Waals surface area contributed by atoms with Crippen molar-refractivity contribution in [3.63, 3.8) is 0 Å². The number of nitrogens with zero attached hydrogens (tertiary/aromatic N) is 2. The molecule has 1 aliphatic rings. The van der Waals surface area contributed by atoms with Crippen LogP contribution in [-0.2, 0) is 9.53 Å². The zero-order valence-electron chi connectivity index (χ0n) is 18.8. The average molecular weight is 434 g/mol. The number of carbonyl (C=O) groups is 2. The molecule has 0 bridgehead atoms. The number of Topliss-reactive ketones (excluding diaryl/α,β-unsaturated/α-hetero) is 1. The van der Waals surface area contributed by atoms with Gasteiger partial charge in [0.15, 0.2) is 11.9 Å². The molecule has 1 aliphatic heterocycles. The molecule has 1 heterocycles. The molecule has 0 radical (unpaired) electrons. The lowest BCUT2D eigenvalue weighted by atomic mass is 10.0. The maximum absolute atomic E-state index is 12.8. The molecule has 2 rings (SSSR count). The molecule has 1 fully saturated rings. The zero-order valence-corrected chi connectivity index (χ0v) is 18.8. The molecule has 31 heavy (non-hydrogen) atoms. The molecule has 1 saturated heterocycles. The second-order valence-corrected chi connectivity index (χ2v) is 8.56. The fourth-order valence-electron chi connectivity index (χ4n) is 3.93. The molecular formula is C24H37N2O5-. The van der Waals surface area contributed by atoms with Crippen molar-refractivity contribution in [3.05, 3.63) is 35.0 Å². The molecular weight excluding hydrogens is 396 g/mol. The topological polar surface area (TPSA) is 93.1 Å². The van der Waals surface area contributed by atoms with Crippen molar-refractivity contribution in [2.75, 3.05) is 25.4 Å². The fourth-order valence-corrected chi connectivity index (χ4v) is 3.93. The Bertz CT molecular complexity index is 662. The van der Waals surface area contributed by atoms with Crippen LogP contribution in [0.1, 0.15) is 87.4 Å². The van der Waals surface area contributed by atoms with Gasteiger partial charge in [0.2, 0.25) is 0 Å². The molecule has 1 aromatic rings. The maximum Gasteiger partial charge on any atom is 0.338 e. The first kappa shape index (κ1) is 25.3. The number of rotatable bonds is 3. The highest BCUT2D eigenvalue weighted by Crippen LogP contribution is 2.18. The molecule has 174 valence electrons. The average Bonchev–Trinajstić information content (AvgIpc) is 2.76. The van der Waals surface area contributed by atoms with E-state index in [1.165, 1.54) is 49.9 Å². The minimum Gasteiger partial charge on any atom is -0.733 e. The molecule has 7 nitrogen and oxygen atoms in total. The number of anilines is 1. The normalized spacial score (nSPS) is 21.3. The van der Waals surface area contributed by atoms with E-state index >= 15 is 0 Å². The summed E-state index contributed by atoms with van der Waals surface area (Å²) in [6.45, 7) is 2.28. The third kappa shape index (κ3) is 9.80. The molecule has 1 N–H and O–H groups in total. The smallest absolute Gasteiger partial charge is 0.338 e. The van der Waals surface area contributed by atoms with Crippen molar-refractivity contribution in [1.29, 1.82) is 0 Å². The van der Waals surface area contributed by atoms with Crippen LogP contribution in [0, 0.1) is 5.21 Å². The molecule has 0 aromatic heterocycles. The Hall–Kier alpha value is -1.96. The third-order valence-corrected chi connectivity index (χ3v) is 5.90. The highest BCUT2D eigenvalue weighted by molar-refractivity contribution is 5.93. The van der Waals surface area contributed by atoms with Crippen LogP contribution in [0.2, 0.25) is 0 Å². The van der Waals surface area contributed by atoms with Gasteiger partial charge in [-0.3, -0.25) is 10.0 Å². The minimum atomic E-state index is -0.720. The quantitative estimate of drug-likeness (QED) is 0.523. The largest absolute Gasteiger partial charge is 0.733 e. The maximum atomic E-state index is 12.8. The van der Waals surface area contributed by atoms with Gasteiger partial charge in [-0.2, -0.15) is 0 Å². The first-order chi connectivity index (χ1) is 15.0. The summed E-state index contributed by atoms with van der Waals surface area (Å²) in [6.07, 6.45) is 11.0. The number of ketones is 1. The molecule has 0 saturated carbocycles. The highest BCUT2D eigenvalue weighted by Gasteiger charge is 2.23. The minimum absolute atomic E-state index is 0.00453. The van der Waals surface area contributed by atoms with Gasteiger partial charge in [-0.1, -0.05) is 38.5 Å². The van der Waals surface area contributed by atoms with Crippen LogP contribution >= 0.6 is 0 Å². The molecule has 7 heteroatoms. The van der Waals surface area contributed by atoms with Crippen LogP contribution in [0.15, 0.2) is 24.3 Å². The van der Waals surface area contributed by atoms with E-state index in [0.29, 0.717) is 12.8 Å². The van der Waals surface area contributed by atoms with Crippen LogP contribution in [-0.4, -0.2) is 48.1 Å². The van der Waals surface area contributed by atoms with Gasteiger partial charge in [-0.05, 0) is 76.5 Å². The van der Waals surface area contributed by atoms with Crippen molar-refractivity contribution in [2.45, 2.75) is 83.2 Å².